The molecule has 0 aromatic carbocycles. The van der Waals surface area contributed by atoms with Gasteiger partial charge in [-0.3, -0.25) is 9.59 Å². The van der Waals surface area contributed by atoms with E-state index in [1.165, 1.54) is 0 Å². The summed E-state index contributed by atoms with van der Waals surface area (Å²) in [6.45, 7) is 0. The lowest BCUT2D eigenvalue weighted by atomic mass is 9.78. The van der Waals surface area contributed by atoms with Crippen LogP contribution in [0.4, 0.5) is 0 Å². The van der Waals surface area contributed by atoms with E-state index in [-0.39, 0.29) is 23.4 Å². The van der Waals surface area contributed by atoms with Crippen molar-refractivity contribution in [3.05, 3.63) is 51.1 Å². The number of nitrogens with zero attached hydrogens (tertiary/aromatic N) is 1. The number of thiophene rings is 1. The fourth-order valence-corrected chi connectivity index (χ4v) is 4.25. The SMILES string of the molecule is O=C(NC1CC(c2cc(=O)[nH]c(C3CC3)n2)C1)c1cc2sccc2[nH]1. The van der Waals surface area contributed by atoms with Crippen LogP contribution in [0.25, 0.3) is 10.2 Å². The van der Waals surface area contributed by atoms with Gasteiger partial charge < -0.3 is 15.3 Å². The first-order chi connectivity index (χ1) is 12.2. The van der Waals surface area contributed by atoms with Crippen molar-refractivity contribution in [2.75, 3.05) is 0 Å². The Labute approximate surface area is 147 Å². The first-order valence-corrected chi connectivity index (χ1v) is 9.52. The standard InChI is InChI=1S/C18H18N4O2S/c23-16-8-13(21-17(22-16)9-1-2-9)10-5-11(6-10)19-18(24)14-7-15-12(20-14)3-4-25-15/h3-4,7-11,20H,1-2,5-6H2,(H,19,24)(H,21,22,23). The number of hydrogen-bond acceptors (Lipinski definition) is 4. The highest BCUT2D eigenvalue weighted by molar-refractivity contribution is 7.17. The summed E-state index contributed by atoms with van der Waals surface area (Å²) in [5.74, 6) is 1.47. The molecule has 6 nitrogen and oxygen atoms in total. The Morgan fingerprint density at radius 3 is 2.80 bits per heavy atom. The molecule has 0 atom stereocenters. The van der Waals surface area contributed by atoms with E-state index in [2.05, 4.69) is 20.3 Å². The van der Waals surface area contributed by atoms with E-state index in [4.69, 9.17) is 0 Å². The molecule has 0 bridgehead atoms. The third kappa shape index (κ3) is 2.78. The van der Waals surface area contributed by atoms with Gasteiger partial charge in [0.05, 0.1) is 15.9 Å². The summed E-state index contributed by atoms with van der Waals surface area (Å²) in [5, 5.41) is 5.07. The molecule has 2 aliphatic rings. The maximum atomic E-state index is 12.4. The fraction of sp³-hybridized carbons (Fsp3) is 0.389. The highest BCUT2D eigenvalue weighted by Gasteiger charge is 2.34. The van der Waals surface area contributed by atoms with Crippen LogP contribution in [0, 0.1) is 0 Å². The minimum absolute atomic E-state index is 0.0640. The molecule has 5 rings (SSSR count). The molecule has 2 aliphatic carbocycles. The molecule has 2 fully saturated rings. The van der Waals surface area contributed by atoms with E-state index in [1.54, 1.807) is 17.4 Å². The van der Waals surface area contributed by atoms with E-state index in [1.807, 2.05) is 17.5 Å². The quantitative estimate of drug-likeness (QED) is 0.673. The van der Waals surface area contributed by atoms with Gasteiger partial charge in [-0.25, -0.2) is 4.98 Å². The summed E-state index contributed by atoms with van der Waals surface area (Å²) >= 11 is 1.62. The van der Waals surface area contributed by atoms with Crippen LogP contribution in [0.1, 0.15) is 59.5 Å². The smallest absolute Gasteiger partial charge is 0.267 e. The van der Waals surface area contributed by atoms with Crippen molar-refractivity contribution >= 4 is 27.5 Å². The zero-order valence-electron chi connectivity index (χ0n) is 13.5. The van der Waals surface area contributed by atoms with Gasteiger partial charge in [-0.2, -0.15) is 0 Å². The summed E-state index contributed by atoms with van der Waals surface area (Å²) < 4.78 is 1.09. The monoisotopic (exact) mass is 354 g/mol. The topological polar surface area (TPSA) is 90.6 Å². The van der Waals surface area contributed by atoms with Gasteiger partial charge in [0.1, 0.15) is 11.5 Å². The van der Waals surface area contributed by atoms with Crippen molar-refractivity contribution in [1.29, 1.82) is 0 Å². The van der Waals surface area contributed by atoms with Crippen LogP contribution < -0.4 is 10.9 Å². The Balaban J connectivity index is 1.23. The zero-order chi connectivity index (χ0) is 17.0. The van der Waals surface area contributed by atoms with Crippen molar-refractivity contribution in [3.8, 4) is 0 Å². The molecule has 0 unspecified atom stereocenters. The van der Waals surface area contributed by atoms with E-state index in [9.17, 15) is 9.59 Å². The molecule has 7 heteroatoms. The second-order valence-corrected chi connectivity index (χ2v) is 8.00. The van der Waals surface area contributed by atoms with Crippen LogP contribution in [0.3, 0.4) is 0 Å². The Kier molecular flexibility index (Phi) is 3.31. The minimum Gasteiger partial charge on any atom is -0.350 e. The number of hydrogen-bond donors (Lipinski definition) is 3. The molecule has 2 saturated carbocycles. The highest BCUT2D eigenvalue weighted by atomic mass is 32.1. The lowest BCUT2D eigenvalue weighted by Gasteiger charge is -2.35. The molecule has 3 N–H and O–H groups in total. The van der Waals surface area contributed by atoms with Gasteiger partial charge in [-0.05, 0) is 43.2 Å². The van der Waals surface area contributed by atoms with Crippen LogP contribution in [-0.4, -0.2) is 26.9 Å². The van der Waals surface area contributed by atoms with Crippen LogP contribution >= 0.6 is 11.3 Å². The van der Waals surface area contributed by atoms with Gasteiger partial charge in [0, 0.05) is 23.9 Å². The highest BCUT2D eigenvalue weighted by Crippen LogP contribution is 2.40. The molecule has 128 valence electrons. The van der Waals surface area contributed by atoms with Crippen LogP contribution in [0.5, 0.6) is 0 Å². The van der Waals surface area contributed by atoms with Crippen LogP contribution in [0.15, 0.2) is 28.4 Å². The molecule has 1 amide bonds. The molecule has 0 spiro atoms. The first-order valence-electron chi connectivity index (χ1n) is 8.64. The predicted molar refractivity (Wildman–Crippen MR) is 96.2 cm³/mol. The van der Waals surface area contributed by atoms with Gasteiger partial charge in [0.2, 0.25) is 0 Å². The molecule has 3 aromatic heterocycles. The molecule has 25 heavy (non-hydrogen) atoms. The number of carbonyl (C=O) groups is 1. The fourth-order valence-electron chi connectivity index (χ4n) is 3.47. The van der Waals surface area contributed by atoms with Crippen molar-refractivity contribution in [1.82, 2.24) is 20.3 Å². The van der Waals surface area contributed by atoms with Crippen molar-refractivity contribution < 1.29 is 4.79 Å². The third-order valence-corrected chi connectivity index (χ3v) is 5.98. The molecule has 0 aliphatic heterocycles. The van der Waals surface area contributed by atoms with E-state index in [0.717, 1.165) is 47.4 Å². The number of aromatic nitrogens is 3. The molecular formula is C18H18N4O2S. The zero-order valence-corrected chi connectivity index (χ0v) is 14.4. The van der Waals surface area contributed by atoms with Crippen molar-refractivity contribution in [2.24, 2.45) is 0 Å². The van der Waals surface area contributed by atoms with Gasteiger partial charge in [-0.15, -0.1) is 11.3 Å². The van der Waals surface area contributed by atoms with Crippen molar-refractivity contribution in [3.63, 3.8) is 0 Å². The summed E-state index contributed by atoms with van der Waals surface area (Å²) in [5.41, 5.74) is 2.42. The number of fused-ring (bicyclic) bond motifs is 1. The normalized spacial score (nSPS) is 22.7. The number of amides is 1. The number of carbonyl (C=O) groups excluding carboxylic acids is 1. The molecule has 0 radical (unpaired) electrons. The maximum absolute atomic E-state index is 12.4. The average Bonchev–Trinajstić information content (AvgIpc) is 3.17. The van der Waals surface area contributed by atoms with Gasteiger partial charge in [0.15, 0.2) is 0 Å². The second-order valence-electron chi connectivity index (χ2n) is 7.05. The Morgan fingerprint density at radius 1 is 1.20 bits per heavy atom. The molecule has 3 heterocycles. The summed E-state index contributed by atoms with van der Waals surface area (Å²) in [6, 6.07) is 5.62. The number of nitrogens with one attached hydrogen (secondary N) is 3. The predicted octanol–water partition coefficient (Wildman–Crippen LogP) is 2.87. The number of rotatable bonds is 4. The Morgan fingerprint density at radius 2 is 2.04 bits per heavy atom. The molecule has 3 aromatic rings. The first kappa shape index (κ1) is 14.9. The molecular weight excluding hydrogens is 336 g/mol. The summed E-state index contributed by atoms with van der Waals surface area (Å²) in [6.07, 6.45) is 3.90. The Hall–Kier alpha value is -2.41. The Bertz CT molecular complexity index is 979. The second kappa shape index (κ2) is 5.56. The minimum atomic E-state index is -0.0654. The van der Waals surface area contributed by atoms with Gasteiger partial charge >= 0.3 is 0 Å². The van der Waals surface area contributed by atoms with E-state index in [0.29, 0.717) is 11.6 Å². The molecule has 0 saturated heterocycles. The van der Waals surface area contributed by atoms with Gasteiger partial charge in [0.25, 0.3) is 11.5 Å². The summed E-state index contributed by atoms with van der Waals surface area (Å²) in [7, 11) is 0. The average molecular weight is 354 g/mol. The van der Waals surface area contributed by atoms with Gasteiger partial charge in [-0.1, -0.05) is 0 Å². The summed E-state index contributed by atoms with van der Waals surface area (Å²) in [4.78, 5) is 34.8. The van der Waals surface area contributed by atoms with Crippen LogP contribution in [0.2, 0.25) is 0 Å². The van der Waals surface area contributed by atoms with Crippen LogP contribution in [-0.2, 0) is 0 Å². The largest absolute Gasteiger partial charge is 0.350 e. The number of H-pyrrole nitrogens is 2. The maximum Gasteiger partial charge on any atom is 0.267 e. The lowest BCUT2D eigenvalue weighted by molar-refractivity contribution is 0.0904. The van der Waals surface area contributed by atoms with E-state index >= 15 is 0 Å². The van der Waals surface area contributed by atoms with E-state index < -0.39 is 0 Å². The van der Waals surface area contributed by atoms with Crippen molar-refractivity contribution in [2.45, 2.75) is 43.6 Å². The third-order valence-electron chi connectivity index (χ3n) is 5.12. The number of aromatic amines is 2. The lowest BCUT2D eigenvalue weighted by Crippen LogP contribution is -2.44.